The Kier molecular flexibility index (Phi) is 15.0. The number of carbonyl (C=O) groups excluding carboxylic acids is 3. The van der Waals surface area contributed by atoms with Gasteiger partial charge in [-0.15, -0.1) is 0 Å². The molecular weight excluding hydrogens is 851 g/mol. The van der Waals surface area contributed by atoms with Crippen molar-refractivity contribution in [3.63, 3.8) is 0 Å². The van der Waals surface area contributed by atoms with E-state index >= 15 is 0 Å². The van der Waals surface area contributed by atoms with Gasteiger partial charge in [-0.05, 0) is 122 Å². The largest absolute Gasteiger partial charge is 0.506 e. The lowest BCUT2D eigenvalue weighted by Gasteiger charge is -2.43. The van der Waals surface area contributed by atoms with Crippen LogP contribution in [-0.2, 0) is 22.6 Å². The van der Waals surface area contributed by atoms with E-state index in [2.05, 4.69) is 20.5 Å². The number of nitrogens with zero attached hydrogens (tertiary/aromatic N) is 2. The molecule has 0 aliphatic carbocycles. The minimum absolute atomic E-state index is 0.0109. The Morgan fingerprint density at radius 3 is 2.27 bits per heavy atom. The van der Waals surface area contributed by atoms with E-state index in [0.717, 1.165) is 54.7 Å². The van der Waals surface area contributed by atoms with Gasteiger partial charge in [0.25, 0.3) is 5.91 Å². The van der Waals surface area contributed by atoms with Gasteiger partial charge in [0.2, 0.25) is 5.56 Å². The zero-order chi connectivity index (χ0) is 46.9. The first kappa shape index (κ1) is 46.5. The van der Waals surface area contributed by atoms with Crippen LogP contribution in [0.4, 0.5) is 4.79 Å². The van der Waals surface area contributed by atoms with Gasteiger partial charge in [0.1, 0.15) is 30.8 Å². The molecule has 6 aromatic rings. The molecule has 348 valence electrons. The molecule has 14 nitrogen and oxygen atoms in total. The molecule has 3 aliphatic heterocycles. The van der Waals surface area contributed by atoms with Gasteiger partial charge < -0.3 is 44.9 Å². The van der Waals surface area contributed by atoms with Gasteiger partial charge in [0.15, 0.2) is 0 Å². The molecule has 9 rings (SSSR count). The molecular formula is C53H57N5O9. The quantitative estimate of drug-likeness (QED) is 0.0548. The van der Waals surface area contributed by atoms with Gasteiger partial charge in [0, 0.05) is 42.7 Å². The van der Waals surface area contributed by atoms with E-state index in [1.54, 1.807) is 41.3 Å². The van der Waals surface area contributed by atoms with Crippen LogP contribution < -0.4 is 20.9 Å². The number of rotatable bonds is 18. The number of ether oxygens (including phenoxy) is 3. The fourth-order valence-electron chi connectivity index (χ4n) is 8.88. The second-order valence-electron chi connectivity index (χ2n) is 17.5. The van der Waals surface area contributed by atoms with Gasteiger partial charge >= 0.3 is 12.1 Å². The Hall–Kier alpha value is -7.00. The van der Waals surface area contributed by atoms with Crippen LogP contribution in [0.15, 0.2) is 132 Å². The summed E-state index contributed by atoms with van der Waals surface area (Å²) in [5.74, 6) is 0.265. The normalized spacial score (nSPS) is 17.4. The highest BCUT2D eigenvalue weighted by Crippen LogP contribution is 2.32. The van der Waals surface area contributed by atoms with Gasteiger partial charge in [-0.3, -0.25) is 14.5 Å². The van der Waals surface area contributed by atoms with Crippen LogP contribution in [0, 0.1) is 5.92 Å². The molecule has 0 unspecified atom stereocenters. The number of alkyl carbamates (subject to hydrolysis) is 1. The number of hydrogen-bond donors (Lipinski definition) is 5. The standard InChI is InChI=1S/C53H57N5O9/c1-34(2)58(51(62)39-15-11-35(12-16-39)30-54-31-46(60)43-19-21-45(59)50-44(43)20-22-48(61)55-50)27-28-65-52(63)40-17-13-36(14-18-40)33-66-42-10-6-9-41(29-42)49(38-7-4-3-5-8-38)56-53(64)67-47-32-57-25-23-37(47)24-26-57/h3-22,29,34,37,46-47,49,54,59-60H,23-28,30-33H2,1-2H3,(H,55,61)(H,56,64)/t46-,47-,49-/m0/s1. The SMILES string of the molecule is CC(C)N(CCOC(=O)c1ccc(COc2cccc([C@@H](NC(=O)O[C@H]3CN4CCC3CC4)c3ccccc3)c2)cc1)C(=O)c1ccc(CNC[C@H](O)c2ccc(O)c3[nH]c(=O)ccc23)cc1. The van der Waals surface area contributed by atoms with Crippen molar-refractivity contribution in [3.05, 3.63) is 177 Å². The average molecular weight is 908 g/mol. The minimum atomic E-state index is -0.901. The van der Waals surface area contributed by atoms with Gasteiger partial charge in [-0.1, -0.05) is 72.8 Å². The maximum absolute atomic E-state index is 13.6. The minimum Gasteiger partial charge on any atom is -0.506 e. The number of fused-ring (bicyclic) bond motifs is 4. The third-order valence-electron chi connectivity index (χ3n) is 12.6. The summed E-state index contributed by atoms with van der Waals surface area (Å²) in [7, 11) is 0. The summed E-state index contributed by atoms with van der Waals surface area (Å²) in [6, 6.07) is 37.0. The Morgan fingerprint density at radius 1 is 0.836 bits per heavy atom. The number of phenolic OH excluding ortho intramolecular Hbond substituents is 1. The van der Waals surface area contributed by atoms with Crippen LogP contribution in [0.5, 0.6) is 11.5 Å². The first-order chi connectivity index (χ1) is 32.5. The second kappa shape index (κ2) is 21.5. The number of benzene rings is 5. The number of aromatic nitrogens is 1. The number of carbonyl (C=O) groups is 3. The molecule has 4 heterocycles. The fourth-order valence-corrected chi connectivity index (χ4v) is 8.88. The molecule has 14 heteroatoms. The van der Waals surface area contributed by atoms with Gasteiger partial charge in [0.05, 0.1) is 29.8 Å². The molecule has 3 fully saturated rings. The number of nitrogens with one attached hydrogen (secondary N) is 3. The number of amides is 2. The molecule has 2 amide bonds. The first-order valence-electron chi connectivity index (χ1n) is 22.9. The van der Waals surface area contributed by atoms with Crippen molar-refractivity contribution < 1.29 is 38.8 Å². The first-order valence-corrected chi connectivity index (χ1v) is 22.9. The molecule has 0 saturated carbocycles. The zero-order valence-corrected chi connectivity index (χ0v) is 37.7. The maximum Gasteiger partial charge on any atom is 0.408 e. The van der Waals surface area contributed by atoms with Crippen LogP contribution in [-0.4, -0.2) is 94.4 Å². The predicted octanol–water partition coefficient (Wildman–Crippen LogP) is 7.25. The third kappa shape index (κ3) is 11.7. The summed E-state index contributed by atoms with van der Waals surface area (Å²) in [5, 5.41) is 28.0. The molecule has 5 aromatic carbocycles. The van der Waals surface area contributed by atoms with Crippen molar-refractivity contribution in [1.82, 2.24) is 25.4 Å². The summed E-state index contributed by atoms with van der Waals surface area (Å²) in [5.41, 5.74) is 4.88. The summed E-state index contributed by atoms with van der Waals surface area (Å²) in [6.45, 7) is 7.83. The number of esters is 1. The van der Waals surface area contributed by atoms with Crippen molar-refractivity contribution in [2.75, 3.05) is 39.3 Å². The van der Waals surface area contributed by atoms with Crippen LogP contribution in [0.2, 0.25) is 0 Å². The molecule has 2 bridgehead atoms. The van der Waals surface area contributed by atoms with Crippen molar-refractivity contribution in [2.45, 2.75) is 64.1 Å². The van der Waals surface area contributed by atoms with E-state index in [4.69, 9.17) is 14.2 Å². The molecule has 5 N–H and O–H groups in total. The number of hydrogen-bond acceptors (Lipinski definition) is 11. The van der Waals surface area contributed by atoms with E-state index in [1.807, 2.05) is 92.7 Å². The molecule has 67 heavy (non-hydrogen) atoms. The third-order valence-corrected chi connectivity index (χ3v) is 12.6. The summed E-state index contributed by atoms with van der Waals surface area (Å²) in [6.07, 6.45) is 0.672. The summed E-state index contributed by atoms with van der Waals surface area (Å²) in [4.78, 5) is 58.3. The zero-order valence-electron chi connectivity index (χ0n) is 37.7. The molecule has 3 saturated heterocycles. The van der Waals surface area contributed by atoms with E-state index in [-0.39, 0.29) is 61.2 Å². The lowest BCUT2D eigenvalue weighted by molar-refractivity contribution is -0.0336. The Labute approximate surface area is 389 Å². The Balaban J connectivity index is 0.793. The lowest BCUT2D eigenvalue weighted by atomic mass is 9.86. The van der Waals surface area contributed by atoms with E-state index < -0.39 is 24.2 Å². The van der Waals surface area contributed by atoms with Crippen molar-refractivity contribution in [3.8, 4) is 11.5 Å². The molecule has 3 atom stereocenters. The molecule has 0 spiro atoms. The number of pyridine rings is 1. The number of H-pyrrole nitrogens is 1. The highest BCUT2D eigenvalue weighted by molar-refractivity contribution is 5.94. The number of piperidine rings is 3. The lowest BCUT2D eigenvalue weighted by Crippen LogP contribution is -2.52. The van der Waals surface area contributed by atoms with E-state index in [9.17, 15) is 29.4 Å². The van der Waals surface area contributed by atoms with Gasteiger partial charge in [-0.25, -0.2) is 9.59 Å². The molecule has 0 radical (unpaired) electrons. The molecule has 3 aliphatic rings. The van der Waals surface area contributed by atoms with Crippen LogP contribution in [0.3, 0.4) is 0 Å². The van der Waals surface area contributed by atoms with Crippen LogP contribution in [0.25, 0.3) is 10.9 Å². The number of phenols is 1. The summed E-state index contributed by atoms with van der Waals surface area (Å²) < 4.78 is 17.8. The topological polar surface area (TPSA) is 183 Å². The van der Waals surface area contributed by atoms with Crippen LogP contribution >= 0.6 is 0 Å². The average Bonchev–Trinajstić information content (AvgIpc) is 3.35. The van der Waals surface area contributed by atoms with E-state index in [0.29, 0.717) is 40.3 Å². The molecule has 1 aromatic heterocycles. The number of aromatic hydroxyl groups is 1. The smallest absolute Gasteiger partial charge is 0.408 e. The van der Waals surface area contributed by atoms with Crippen molar-refractivity contribution in [2.24, 2.45) is 5.92 Å². The Morgan fingerprint density at radius 2 is 1.55 bits per heavy atom. The Bertz CT molecular complexity index is 2700. The predicted molar refractivity (Wildman–Crippen MR) is 254 cm³/mol. The number of aliphatic hydroxyl groups is 1. The summed E-state index contributed by atoms with van der Waals surface area (Å²) >= 11 is 0. The number of aromatic amines is 1. The fraction of sp³-hybridized carbons (Fsp3) is 0.321. The maximum atomic E-state index is 13.6. The highest BCUT2D eigenvalue weighted by Gasteiger charge is 2.37. The van der Waals surface area contributed by atoms with E-state index in [1.165, 1.54) is 12.1 Å². The highest BCUT2D eigenvalue weighted by atomic mass is 16.6. The number of aliphatic hydroxyl groups excluding tert-OH is 1. The van der Waals surface area contributed by atoms with Crippen molar-refractivity contribution >= 4 is 28.9 Å². The van der Waals surface area contributed by atoms with Gasteiger partial charge in [-0.2, -0.15) is 0 Å². The van der Waals surface area contributed by atoms with Crippen LogP contribution in [0.1, 0.15) is 87.4 Å². The van der Waals surface area contributed by atoms with Crippen molar-refractivity contribution in [1.29, 1.82) is 0 Å². The second-order valence-corrected chi connectivity index (χ2v) is 17.5. The monoisotopic (exact) mass is 907 g/mol.